The Labute approximate surface area is 196 Å². The van der Waals surface area contributed by atoms with E-state index in [-0.39, 0.29) is 17.9 Å². The number of halogens is 3. The number of hydrogen-bond donors (Lipinski definition) is 2. The zero-order valence-electron chi connectivity index (χ0n) is 19.0. The average molecular weight is 473 g/mol. The van der Waals surface area contributed by atoms with Crippen LogP contribution in [0.3, 0.4) is 0 Å². The molecule has 1 aliphatic carbocycles. The Morgan fingerprint density at radius 2 is 2.03 bits per heavy atom. The molecule has 1 amide bonds. The van der Waals surface area contributed by atoms with Gasteiger partial charge in [-0.1, -0.05) is 30.4 Å². The molecular weight excluding hydrogens is 445 g/mol. The van der Waals surface area contributed by atoms with Crippen molar-refractivity contribution in [2.45, 2.75) is 32.1 Å². The number of nitrogens with zero attached hydrogens (tertiary/aromatic N) is 2. The van der Waals surface area contributed by atoms with Gasteiger partial charge in [0.25, 0.3) is 0 Å². The van der Waals surface area contributed by atoms with E-state index in [2.05, 4.69) is 20.5 Å². The van der Waals surface area contributed by atoms with Gasteiger partial charge in [-0.05, 0) is 36.6 Å². The first-order valence-corrected chi connectivity index (χ1v) is 11.2. The van der Waals surface area contributed by atoms with Gasteiger partial charge in [0.2, 0.25) is 5.91 Å². The number of ether oxygens (including phenoxy) is 1. The minimum absolute atomic E-state index is 0.0120. The number of rotatable bonds is 6. The van der Waals surface area contributed by atoms with E-state index >= 15 is 0 Å². The van der Waals surface area contributed by atoms with Gasteiger partial charge in [-0.2, -0.15) is 13.2 Å². The molecule has 0 radical (unpaired) electrons. The number of amides is 1. The van der Waals surface area contributed by atoms with Crippen LogP contribution in [0, 0.1) is 5.92 Å². The van der Waals surface area contributed by atoms with E-state index in [1.165, 1.54) is 12.1 Å². The summed E-state index contributed by atoms with van der Waals surface area (Å²) >= 11 is 0. The molecule has 0 spiro atoms. The highest BCUT2D eigenvalue weighted by Crippen LogP contribution is 2.39. The summed E-state index contributed by atoms with van der Waals surface area (Å²) in [5, 5.41) is 6.11. The molecule has 1 aromatic heterocycles. The molecule has 2 heterocycles. The molecule has 0 bridgehead atoms. The third-order valence-electron chi connectivity index (χ3n) is 6.04. The van der Waals surface area contributed by atoms with E-state index in [4.69, 9.17) is 4.74 Å². The lowest BCUT2D eigenvalue weighted by atomic mass is 9.93. The Hall–Kier alpha value is -3.49. The summed E-state index contributed by atoms with van der Waals surface area (Å²) in [7, 11) is 1.63. The van der Waals surface area contributed by atoms with Crippen LogP contribution >= 0.6 is 0 Å². The van der Waals surface area contributed by atoms with Crippen LogP contribution in [-0.2, 0) is 17.5 Å². The maximum absolute atomic E-state index is 12.9. The molecule has 6 nitrogen and oxygen atoms in total. The lowest BCUT2D eigenvalue weighted by Gasteiger charge is -2.33. The Morgan fingerprint density at radius 1 is 1.26 bits per heavy atom. The highest BCUT2D eigenvalue weighted by atomic mass is 19.4. The molecule has 2 N–H and O–H groups in total. The lowest BCUT2D eigenvalue weighted by molar-refractivity contribution is -0.137. The number of nitrogens with one attached hydrogen (secondary N) is 2. The highest BCUT2D eigenvalue weighted by Gasteiger charge is 2.30. The fourth-order valence-corrected chi connectivity index (χ4v) is 4.15. The number of carbonyl (C=O) groups is 1. The summed E-state index contributed by atoms with van der Waals surface area (Å²) in [5.41, 5.74) is 1.93. The van der Waals surface area contributed by atoms with Crippen molar-refractivity contribution in [1.82, 2.24) is 10.3 Å². The molecule has 0 saturated carbocycles. The molecule has 0 fully saturated rings. The summed E-state index contributed by atoms with van der Waals surface area (Å²) in [5.74, 6) is 1.13. The van der Waals surface area contributed by atoms with E-state index in [1.807, 2.05) is 25.2 Å². The van der Waals surface area contributed by atoms with Crippen LogP contribution in [0.15, 0.2) is 60.3 Å². The Morgan fingerprint density at radius 3 is 2.68 bits per heavy atom. The minimum atomic E-state index is -4.36. The lowest BCUT2D eigenvalue weighted by Crippen LogP contribution is -2.34. The van der Waals surface area contributed by atoms with Crippen molar-refractivity contribution in [3.63, 3.8) is 0 Å². The van der Waals surface area contributed by atoms with Crippen molar-refractivity contribution in [1.29, 1.82) is 0 Å². The summed E-state index contributed by atoms with van der Waals surface area (Å²) in [4.78, 5) is 18.4. The standard InChI is InChI=1S/C25H27F3N4O2/c1-16(18-5-7-19(8-6-18)24(33)29-2)31-23-22-21(11-12-30-23)34-14-13-32(22)15-17-3-9-20(10-4-17)25(26,27)28/h3-7,9-12,16,19H,8,13-15H2,1-2H3,(H,29,33)(H,30,31)/t16-,19?/m0/s1. The quantitative estimate of drug-likeness (QED) is 0.646. The number of benzene rings is 1. The summed E-state index contributed by atoms with van der Waals surface area (Å²) in [6.07, 6.45) is 3.84. The second-order valence-corrected chi connectivity index (χ2v) is 8.36. The SMILES string of the molecule is CNC(=O)C1C=CC([C@H](C)Nc2nccc3c2N(Cc2ccc(C(F)(F)F)cc2)CCO3)=CC1. The van der Waals surface area contributed by atoms with Crippen molar-refractivity contribution in [2.75, 3.05) is 30.4 Å². The van der Waals surface area contributed by atoms with E-state index in [9.17, 15) is 18.0 Å². The number of carbonyl (C=O) groups excluding carboxylic acids is 1. The normalized spacial score (nSPS) is 18.4. The van der Waals surface area contributed by atoms with Gasteiger partial charge < -0.3 is 20.3 Å². The van der Waals surface area contributed by atoms with Crippen molar-refractivity contribution >= 4 is 17.4 Å². The monoisotopic (exact) mass is 472 g/mol. The van der Waals surface area contributed by atoms with Crippen molar-refractivity contribution in [3.8, 4) is 5.75 Å². The summed E-state index contributed by atoms with van der Waals surface area (Å²) in [6, 6.07) is 6.94. The van der Waals surface area contributed by atoms with Gasteiger partial charge in [0.1, 0.15) is 18.0 Å². The van der Waals surface area contributed by atoms with Crippen LogP contribution in [0.5, 0.6) is 5.75 Å². The van der Waals surface area contributed by atoms with Crippen LogP contribution in [-0.4, -0.2) is 37.1 Å². The molecule has 0 saturated heterocycles. The first kappa shape index (κ1) is 23.7. The van der Waals surface area contributed by atoms with Crippen molar-refractivity contribution in [3.05, 3.63) is 71.5 Å². The molecule has 180 valence electrons. The largest absolute Gasteiger partial charge is 0.489 e. The van der Waals surface area contributed by atoms with E-state index in [0.29, 0.717) is 37.7 Å². The maximum atomic E-state index is 12.9. The first-order chi connectivity index (χ1) is 16.3. The molecule has 2 atom stereocenters. The predicted molar refractivity (Wildman–Crippen MR) is 125 cm³/mol. The fraction of sp³-hybridized carbons (Fsp3) is 0.360. The van der Waals surface area contributed by atoms with E-state index in [0.717, 1.165) is 29.0 Å². The summed E-state index contributed by atoms with van der Waals surface area (Å²) in [6.45, 7) is 3.50. The van der Waals surface area contributed by atoms with Gasteiger partial charge in [0, 0.05) is 31.9 Å². The molecular formula is C25H27F3N4O2. The molecule has 9 heteroatoms. The molecule has 2 aliphatic rings. The minimum Gasteiger partial charge on any atom is -0.489 e. The van der Waals surface area contributed by atoms with Crippen molar-refractivity contribution in [2.24, 2.45) is 5.92 Å². The van der Waals surface area contributed by atoms with Crippen LogP contribution in [0.2, 0.25) is 0 Å². The number of pyridine rings is 1. The molecule has 1 aromatic carbocycles. The second kappa shape index (κ2) is 9.79. The van der Waals surface area contributed by atoms with Crippen molar-refractivity contribution < 1.29 is 22.7 Å². The van der Waals surface area contributed by atoms with Gasteiger partial charge in [-0.15, -0.1) is 0 Å². The van der Waals surface area contributed by atoms with Gasteiger partial charge in [-0.3, -0.25) is 4.79 Å². The zero-order valence-corrected chi connectivity index (χ0v) is 19.0. The average Bonchev–Trinajstić information content (AvgIpc) is 2.83. The smallest absolute Gasteiger partial charge is 0.416 e. The third-order valence-corrected chi connectivity index (χ3v) is 6.04. The third kappa shape index (κ3) is 5.18. The fourth-order valence-electron chi connectivity index (χ4n) is 4.15. The molecule has 1 aliphatic heterocycles. The molecule has 34 heavy (non-hydrogen) atoms. The topological polar surface area (TPSA) is 66.5 Å². The molecule has 4 rings (SSSR count). The number of hydrogen-bond acceptors (Lipinski definition) is 5. The van der Waals surface area contributed by atoms with Crippen LogP contribution in [0.4, 0.5) is 24.7 Å². The summed E-state index contributed by atoms with van der Waals surface area (Å²) < 4.78 is 44.6. The van der Waals surface area contributed by atoms with Gasteiger partial charge in [0.05, 0.1) is 18.0 Å². The second-order valence-electron chi connectivity index (χ2n) is 8.36. The maximum Gasteiger partial charge on any atom is 0.416 e. The first-order valence-electron chi connectivity index (χ1n) is 11.2. The van der Waals surface area contributed by atoms with Crippen LogP contribution in [0.1, 0.15) is 24.5 Å². The number of fused-ring (bicyclic) bond motifs is 1. The number of aromatic nitrogens is 1. The van der Waals surface area contributed by atoms with Crippen LogP contribution < -0.4 is 20.3 Å². The number of allylic oxidation sites excluding steroid dienone is 1. The Balaban J connectivity index is 1.51. The highest BCUT2D eigenvalue weighted by molar-refractivity contribution is 5.81. The number of alkyl halides is 3. The zero-order chi connectivity index (χ0) is 24.3. The van der Waals surface area contributed by atoms with E-state index < -0.39 is 11.7 Å². The van der Waals surface area contributed by atoms with E-state index in [1.54, 1.807) is 19.3 Å². The Bertz CT molecular complexity index is 1100. The van der Waals surface area contributed by atoms with Gasteiger partial charge >= 0.3 is 6.18 Å². The molecule has 2 aromatic rings. The van der Waals surface area contributed by atoms with Gasteiger partial charge in [0.15, 0.2) is 5.82 Å². The van der Waals surface area contributed by atoms with Crippen LogP contribution in [0.25, 0.3) is 0 Å². The Kier molecular flexibility index (Phi) is 6.81. The predicted octanol–water partition coefficient (Wildman–Crippen LogP) is 4.55. The van der Waals surface area contributed by atoms with Gasteiger partial charge in [-0.25, -0.2) is 4.98 Å². The molecule has 1 unspecified atom stereocenters. The number of anilines is 2.